The third-order valence-electron chi connectivity index (χ3n) is 4.40. The van der Waals surface area contributed by atoms with Gasteiger partial charge < -0.3 is 14.8 Å². The quantitative estimate of drug-likeness (QED) is 0.796. The van der Waals surface area contributed by atoms with Crippen LogP contribution in [0.25, 0.3) is 0 Å². The Hall–Kier alpha value is -2.74. The van der Waals surface area contributed by atoms with Crippen LogP contribution in [0.4, 0.5) is 5.69 Å². The highest BCUT2D eigenvalue weighted by molar-refractivity contribution is 7.92. The summed E-state index contributed by atoms with van der Waals surface area (Å²) in [5, 5.41) is 2.74. The van der Waals surface area contributed by atoms with Crippen molar-refractivity contribution in [3.05, 3.63) is 53.6 Å². The van der Waals surface area contributed by atoms with Crippen LogP contribution in [-0.4, -0.2) is 46.4 Å². The van der Waals surface area contributed by atoms with Crippen molar-refractivity contribution < 1.29 is 22.7 Å². The van der Waals surface area contributed by atoms with Gasteiger partial charge in [0.05, 0.1) is 18.5 Å². The average Bonchev–Trinajstić information content (AvgIpc) is 2.64. The molecule has 3 rings (SSSR count). The van der Waals surface area contributed by atoms with Gasteiger partial charge in [-0.1, -0.05) is 29.8 Å². The maximum absolute atomic E-state index is 12.4. The van der Waals surface area contributed by atoms with Gasteiger partial charge in [0.15, 0.2) is 11.5 Å². The number of fused-ring (bicyclic) bond motifs is 1. The Kier molecular flexibility index (Phi) is 5.79. The number of hydrogen-bond acceptors (Lipinski definition) is 5. The van der Waals surface area contributed by atoms with Crippen LogP contribution in [0, 0.1) is 13.8 Å². The molecule has 0 bridgehead atoms. The summed E-state index contributed by atoms with van der Waals surface area (Å²) in [4.78, 5) is 12.4. The van der Waals surface area contributed by atoms with Crippen molar-refractivity contribution in [2.75, 3.05) is 30.3 Å². The van der Waals surface area contributed by atoms with Crippen LogP contribution in [0.5, 0.6) is 11.5 Å². The summed E-state index contributed by atoms with van der Waals surface area (Å²) in [7, 11) is -3.61. The molecule has 1 N–H and O–H groups in total. The summed E-state index contributed by atoms with van der Waals surface area (Å²) >= 11 is 0. The third kappa shape index (κ3) is 4.75. The normalized spacial score (nSPS) is 15.8. The molecule has 0 saturated carbocycles. The first-order valence-corrected chi connectivity index (χ1v) is 10.8. The monoisotopic (exact) mass is 404 g/mol. The molecule has 0 unspecified atom stereocenters. The van der Waals surface area contributed by atoms with Gasteiger partial charge in [-0.15, -0.1) is 0 Å². The zero-order valence-electron chi connectivity index (χ0n) is 16.1. The lowest BCUT2D eigenvalue weighted by molar-refractivity contribution is -0.120. The maximum Gasteiger partial charge on any atom is 0.240 e. The van der Waals surface area contributed by atoms with E-state index in [2.05, 4.69) is 5.32 Å². The van der Waals surface area contributed by atoms with Crippen LogP contribution in [0.15, 0.2) is 42.5 Å². The van der Waals surface area contributed by atoms with E-state index in [1.807, 2.05) is 44.2 Å². The number of rotatable bonds is 6. The number of para-hydroxylation sites is 2. The highest BCUT2D eigenvalue weighted by atomic mass is 32.2. The fraction of sp³-hybridized carbons (Fsp3) is 0.350. The number of carbonyl (C=O) groups excluding carboxylic acids is 1. The predicted octanol–water partition coefficient (Wildman–Crippen LogP) is 2.03. The molecule has 28 heavy (non-hydrogen) atoms. The molecule has 1 atom stereocenters. The fourth-order valence-corrected chi connectivity index (χ4v) is 3.96. The van der Waals surface area contributed by atoms with Crippen molar-refractivity contribution in [3.8, 4) is 11.5 Å². The van der Waals surface area contributed by atoms with Gasteiger partial charge in [0.25, 0.3) is 0 Å². The number of amides is 1. The Labute approximate surface area is 165 Å². The Balaban J connectivity index is 1.63. The Morgan fingerprint density at radius 2 is 1.89 bits per heavy atom. The van der Waals surface area contributed by atoms with Crippen molar-refractivity contribution in [3.63, 3.8) is 0 Å². The summed E-state index contributed by atoms with van der Waals surface area (Å²) < 4.78 is 37.0. The van der Waals surface area contributed by atoms with Gasteiger partial charge in [-0.3, -0.25) is 9.10 Å². The molecule has 7 nitrogen and oxygen atoms in total. The SMILES string of the molecule is Cc1ccc(N(CC(=O)NC[C@H]2COc3ccccc3O2)S(C)(=O)=O)c(C)c1. The predicted molar refractivity (Wildman–Crippen MR) is 107 cm³/mol. The zero-order valence-corrected chi connectivity index (χ0v) is 17.0. The molecule has 0 aromatic heterocycles. The molecular weight excluding hydrogens is 380 g/mol. The van der Waals surface area contributed by atoms with Gasteiger partial charge in [0, 0.05) is 0 Å². The van der Waals surface area contributed by atoms with Gasteiger partial charge >= 0.3 is 0 Å². The van der Waals surface area contributed by atoms with E-state index in [0.717, 1.165) is 21.7 Å². The molecular formula is C20H24N2O5S. The summed E-state index contributed by atoms with van der Waals surface area (Å²) in [5.74, 6) is 0.886. The molecule has 0 spiro atoms. The molecule has 150 valence electrons. The number of hydrogen-bond donors (Lipinski definition) is 1. The molecule has 1 aliphatic heterocycles. The standard InChI is InChI=1S/C20H24N2O5S/c1-14-8-9-17(15(2)10-14)22(28(3,24)25)12-20(23)21-11-16-13-26-18-6-4-5-7-19(18)27-16/h4-10,16H,11-13H2,1-3H3,(H,21,23)/t16-/m0/s1. The fourth-order valence-electron chi connectivity index (χ4n) is 3.04. The molecule has 1 amide bonds. The van der Waals surface area contributed by atoms with E-state index in [9.17, 15) is 13.2 Å². The van der Waals surface area contributed by atoms with E-state index in [4.69, 9.17) is 9.47 Å². The Morgan fingerprint density at radius 3 is 2.57 bits per heavy atom. The topological polar surface area (TPSA) is 84.9 Å². The van der Waals surface area contributed by atoms with Gasteiger partial charge in [0.2, 0.25) is 15.9 Å². The smallest absolute Gasteiger partial charge is 0.240 e. The number of sulfonamides is 1. The van der Waals surface area contributed by atoms with Gasteiger partial charge in [-0.05, 0) is 37.6 Å². The minimum Gasteiger partial charge on any atom is -0.486 e. The molecule has 2 aromatic carbocycles. The average molecular weight is 404 g/mol. The molecule has 8 heteroatoms. The molecule has 0 aliphatic carbocycles. The lowest BCUT2D eigenvalue weighted by Crippen LogP contribution is -2.45. The van der Waals surface area contributed by atoms with Gasteiger partial charge in [0.1, 0.15) is 19.3 Å². The van der Waals surface area contributed by atoms with E-state index in [1.54, 1.807) is 12.1 Å². The van der Waals surface area contributed by atoms with Crippen LogP contribution in [0.3, 0.4) is 0 Å². The molecule has 2 aromatic rings. The summed E-state index contributed by atoms with van der Waals surface area (Å²) in [6, 6.07) is 12.7. The van der Waals surface area contributed by atoms with Crippen LogP contribution >= 0.6 is 0 Å². The van der Waals surface area contributed by atoms with Crippen LogP contribution in [-0.2, 0) is 14.8 Å². The van der Waals surface area contributed by atoms with Crippen molar-refractivity contribution >= 4 is 21.6 Å². The number of nitrogens with one attached hydrogen (secondary N) is 1. The number of carbonyl (C=O) groups is 1. The van der Waals surface area contributed by atoms with E-state index in [0.29, 0.717) is 23.8 Å². The van der Waals surface area contributed by atoms with Crippen LogP contribution in [0.2, 0.25) is 0 Å². The summed E-state index contributed by atoms with van der Waals surface area (Å²) in [5.41, 5.74) is 2.31. The number of anilines is 1. The van der Waals surface area contributed by atoms with E-state index in [-0.39, 0.29) is 19.2 Å². The zero-order chi connectivity index (χ0) is 20.3. The van der Waals surface area contributed by atoms with Crippen molar-refractivity contribution in [2.45, 2.75) is 20.0 Å². The third-order valence-corrected chi connectivity index (χ3v) is 5.53. The molecule has 0 fully saturated rings. The molecule has 0 saturated heterocycles. The highest BCUT2D eigenvalue weighted by Gasteiger charge is 2.24. The van der Waals surface area contributed by atoms with Gasteiger partial charge in [-0.25, -0.2) is 8.42 Å². The van der Waals surface area contributed by atoms with E-state index < -0.39 is 15.9 Å². The summed E-state index contributed by atoms with van der Waals surface area (Å²) in [6.45, 7) is 3.98. The second kappa shape index (κ2) is 8.10. The summed E-state index contributed by atoms with van der Waals surface area (Å²) in [6.07, 6.45) is 0.751. The highest BCUT2D eigenvalue weighted by Crippen LogP contribution is 2.30. The first kappa shape index (κ1) is 20.0. The molecule has 1 heterocycles. The van der Waals surface area contributed by atoms with E-state index >= 15 is 0 Å². The minimum absolute atomic E-state index is 0.220. The Morgan fingerprint density at radius 1 is 1.18 bits per heavy atom. The maximum atomic E-state index is 12.4. The van der Waals surface area contributed by atoms with Crippen molar-refractivity contribution in [1.82, 2.24) is 5.32 Å². The first-order valence-electron chi connectivity index (χ1n) is 8.94. The van der Waals surface area contributed by atoms with E-state index in [1.165, 1.54) is 0 Å². The molecule has 1 aliphatic rings. The second-order valence-corrected chi connectivity index (χ2v) is 8.77. The van der Waals surface area contributed by atoms with Crippen LogP contribution < -0.4 is 19.1 Å². The van der Waals surface area contributed by atoms with Crippen molar-refractivity contribution in [2.24, 2.45) is 0 Å². The number of ether oxygens (including phenoxy) is 2. The largest absolute Gasteiger partial charge is 0.486 e. The Bertz CT molecular complexity index is 974. The first-order chi connectivity index (χ1) is 13.2. The lowest BCUT2D eigenvalue weighted by Gasteiger charge is -2.27. The number of aryl methyl sites for hydroxylation is 2. The number of benzene rings is 2. The second-order valence-electron chi connectivity index (χ2n) is 6.86. The minimum atomic E-state index is -3.61. The lowest BCUT2D eigenvalue weighted by atomic mass is 10.1. The van der Waals surface area contributed by atoms with Crippen LogP contribution in [0.1, 0.15) is 11.1 Å². The van der Waals surface area contributed by atoms with Gasteiger partial charge in [-0.2, -0.15) is 0 Å². The molecule has 0 radical (unpaired) electrons. The number of nitrogens with zero attached hydrogens (tertiary/aromatic N) is 1. The van der Waals surface area contributed by atoms with Crippen molar-refractivity contribution in [1.29, 1.82) is 0 Å².